The number of hydrogen-bond acceptors (Lipinski definition) is 6. The number of imide groups is 1. The van der Waals surface area contributed by atoms with E-state index in [-0.39, 0.29) is 23.4 Å². The van der Waals surface area contributed by atoms with Crippen molar-refractivity contribution in [2.24, 2.45) is 0 Å². The second kappa shape index (κ2) is 8.84. The highest BCUT2D eigenvalue weighted by molar-refractivity contribution is 6.36. The Bertz CT molecular complexity index is 1070. The average molecular weight is 434 g/mol. The number of nitrogens with one attached hydrogen (secondary N) is 2. The van der Waals surface area contributed by atoms with Crippen LogP contribution in [0.5, 0.6) is 0 Å². The van der Waals surface area contributed by atoms with Crippen LogP contribution in [0.2, 0.25) is 0 Å². The number of likely N-dealkylation sites (N-methyl/N-ethyl adjacent to an activating group) is 2. The van der Waals surface area contributed by atoms with Gasteiger partial charge in [0.2, 0.25) is 5.91 Å². The number of carbonyl (C=O) groups excluding carboxylic acids is 3. The number of piperazine rings is 1. The van der Waals surface area contributed by atoms with Crippen LogP contribution in [0.3, 0.4) is 0 Å². The molecule has 2 heterocycles. The first-order valence-electron chi connectivity index (χ1n) is 10.6. The first-order valence-corrected chi connectivity index (χ1v) is 10.6. The highest BCUT2D eigenvalue weighted by atomic mass is 16.2. The van der Waals surface area contributed by atoms with Gasteiger partial charge in [0.1, 0.15) is 5.70 Å². The highest BCUT2D eigenvalue weighted by Crippen LogP contribution is 2.31. The summed E-state index contributed by atoms with van der Waals surface area (Å²) in [5.74, 6) is -0.913. The lowest BCUT2D eigenvalue weighted by Gasteiger charge is -2.34. The van der Waals surface area contributed by atoms with Gasteiger partial charge in [0.25, 0.3) is 11.8 Å². The molecule has 32 heavy (non-hydrogen) atoms. The number of nitrogens with zero attached hydrogens (tertiary/aromatic N) is 3. The van der Waals surface area contributed by atoms with E-state index in [1.165, 1.54) is 14.0 Å². The van der Waals surface area contributed by atoms with E-state index in [9.17, 15) is 14.4 Å². The Kier molecular flexibility index (Phi) is 5.96. The fourth-order valence-corrected chi connectivity index (χ4v) is 3.91. The summed E-state index contributed by atoms with van der Waals surface area (Å²) in [6, 6.07) is 14.8. The molecule has 2 N–H and O–H groups in total. The van der Waals surface area contributed by atoms with Gasteiger partial charge in [-0.3, -0.25) is 19.3 Å². The molecule has 2 aromatic rings. The van der Waals surface area contributed by atoms with Gasteiger partial charge in [0, 0.05) is 57.2 Å². The molecule has 0 saturated carbocycles. The molecule has 0 bridgehead atoms. The summed E-state index contributed by atoms with van der Waals surface area (Å²) in [5, 5.41) is 5.85. The molecule has 0 radical (unpaired) electrons. The highest BCUT2D eigenvalue weighted by Gasteiger charge is 2.36. The normalized spacial score (nSPS) is 17.2. The molecule has 0 spiro atoms. The van der Waals surface area contributed by atoms with Crippen molar-refractivity contribution in [3.63, 3.8) is 0 Å². The minimum atomic E-state index is -0.376. The zero-order chi connectivity index (χ0) is 22.8. The van der Waals surface area contributed by atoms with Crippen LogP contribution < -0.4 is 15.5 Å². The third-order valence-corrected chi connectivity index (χ3v) is 5.79. The molecule has 0 unspecified atom stereocenters. The summed E-state index contributed by atoms with van der Waals surface area (Å²) >= 11 is 0. The molecule has 1 saturated heterocycles. The summed E-state index contributed by atoms with van der Waals surface area (Å²) in [5.41, 5.74) is 3.67. The van der Waals surface area contributed by atoms with Gasteiger partial charge in [0.05, 0.1) is 5.57 Å². The molecule has 2 aromatic carbocycles. The van der Waals surface area contributed by atoms with Crippen LogP contribution in [0.25, 0.3) is 5.57 Å². The summed E-state index contributed by atoms with van der Waals surface area (Å²) < 4.78 is 0. The van der Waals surface area contributed by atoms with Crippen LogP contribution in [0.1, 0.15) is 12.5 Å². The van der Waals surface area contributed by atoms with Gasteiger partial charge in [-0.05, 0) is 49.0 Å². The van der Waals surface area contributed by atoms with Gasteiger partial charge >= 0.3 is 0 Å². The molecule has 8 heteroatoms. The van der Waals surface area contributed by atoms with E-state index in [2.05, 4.69) is 27.5 Å². The maximum absolute atomic E-state index is 12.8. The van der Waals surface area contributed by atoms with Gasteiger partial charge in [-0.1, -0.05) is 12.1 Å². The quantitative estimate of drug-likeness (QED) is 0.704. The molecule has 3 amide bonds. The zero-order valence-electron chi connectivity index (χ0n) is 18.5. The second-order valence-electron chi connectivity index (χ2n) is 8.14. The molecule has 0 atom stereocenters. The minimum Gasteiger partial charge on any atom is -0.369 e. The van der Waals surface area contributed by atoms with Crippen LogP contribution in [-0.4, -0.2) is 67.8 Å². The van der Waals surface area contributed by atoms with Crippen molar-refractivity contribution < 1.29 is 14.4 Å². The van der Waals surface area contributed by atoms with Crippen molar-refractivity contribution >= 4 is 40.4 Å². The fourth-order valence-electron chi connectivity index (χ4n) is 3.91. The molecular weight excluding hydrogens is 406 g/mol. The third kappa shape index (κ3) is 4.36. The lowest BCUT2D eigenvalue weighted by molar-refractivity contribution is -0.135. The number of rotatable bonds is 5. The van der Waals surface area contributed by atoms with E-state index in [4.69, 9.17) is 0 Å². The first-order chi connectivity index (χ1) is 15.3. The van der Waals surface area contributed by atoms with E-state index < -0.39 is 0 Å². The number of benzene rings is 2. The van der Waals surface area contributed by atoms with Gasteiger partial charge in [-0.15, -0.1) is 0 Å². The molecule has 8 nitrogen and oxygen atoms in total. The SMILES string of the molecule is CC(=O)Nc1ccc(C2=C(Nc3ccc(N4CCN(C)CC4)cc3)C(=O)N(C)C2=O)cc1. The first kappa shape index (κ1) is 21.6. The molecule has 1 fully saturated rings. The molecule has 0 aromatic heterocycles. The Labute approximate surface area is 187 Å². The topological polar surface area (TPSA) is 85.0 Å². The fraction of sp³-hybridized carbons (Fsp3) is 0.292. The van der Waals surface area contributed by atoms with E-state index in [0.29, 0.717) is 16.8 Å². The van der Waals surface area contributed by atoms with Gasteiger partial charge < -0.3 is 20.4 Å². The van der Waals surface area contributed by atoms with Crippen molar-refractivity contribution in [1.29, 1.82) is 0 Å². The Morgan fingerprint density at radius 2 is 1.41 bits per heavy atom. The van der Waals surface area contributed by atoms with Crippen molar-refractivity contribution in [3.8, 4) is 0 Å². The standard InChI is InChI=1S/C24H27N5O3/c1-16(30)25-18-6-4-17(5-7-18)21-22(24(32)28(3)23(21)31)26-19-8-10-20(11-9-19)29-14-12-27(2)13-15-29/h4-11,26H,12-15H2,1-3H3,(H,25,30). The lowest BCUT2D eigenvalue weighted by atomic mass is 10.0. The van der Waals surface area contributed by atoms with E-state index >= 15 is 0 Å². The average Bonchev–Trinajstić information content (AvgIpc) is 2.99. The molecule has 166 valence electrons. The number of amides is 3. The van der Waals surface area contributed by atoms with E-state index in [0.717, 1.165) is 42.5 Å². The number of anilines is 3. The predicted octanol–water partition coefficient (Wildman–Crippen LogP) is 2.22. The Balaban J connectivity index is 1.58. The monoisotopic (exact) mass is 433 g/mol. The smallest absolute Gasteiger partial charge is 0.277 e. The Morgan fingerprint density at radius 3 is 2.00 bits per heavy atom. The molecule has 2 aliphatic heterocycles. The van der Waals surface area contributed by atoms with Gasteiger partial charge in [-0.2, -0.15) is 0 Å². The number of hydrogen-bond donors (Lipinski definition) is 2. The second-order valence-corrected chi connectivity index (χ2v) is 8.14. The zero-order valence-corrected chi connectivity index (χ0v) is 18.5. The van der Waals surface area contributed by atoms with E-state index in [1.54, 1.807) is 24.3 Å². The van der Waals surface area contributed by atoms with Gasteiger partial charge in [0.15, 0.2) is 0 Å². The Morgan fingerprint density at radius 1 is 0.812 bits per heavy atom. The summed E-state index contributed by atoms with van der Waals surface area (Å²) in [6.07, 6.45) is 0. The lowest BCUT2D eigenvalue weighted by Crippen LogP contribution is -2.44. The van der Waals surface area contributed by atoms with Crippen molar-refractivity contribution in [2.45, 2.75) is 6.92 Å². The minimum absolute atomic E-state index is 0.175. The van der Waals surface area contributed by atoms with Crippen molar-refractivity contribution in [3.05, 3.63) is 59.8 Å². The predicted molar refractivity (Wildman–Crippen MR) is 125 cm³/mol. The van der Waals surface area contributed by atoms with Crippen molar-refractivity contribution in [2.75, 3.05) is 55.8 Å². The van der Waals surface area contributed by atoms with E-state index in [1.807, 2.05) is 24.3 Å². The van der Waals surface area contributed by atoms with Crippen LogP contribution >= 0.6 is 0 Å². The van der Waals surface area contributed by atoms with Crippen LogP contribution in [0, 0.1) is 0 Å². The maximum atomic E-state index is 12.8. The molecular formula is C24H27N5O3. The molecule has 4 rings (SSSR count). The summed E-state index contributed by atoms with van der Waals surface area (Å²) in [7, 11) is 3.60. The number of carbonyl (C=O) groups is 3. The van der Waals surface area contributed by atoms with Crippen LogP contribution in [-0.2, 0) is 14.4 Å². The van der Waals surface area contributed by atoms with Crippen LogP contribution in [0.4, 0.5) is 17.1 Å². The van der Waals surface area contributed by atoms with Gasteiger partial charge in [-0.25, -0.2) is 0 Å². The third-order valence-electron chi connectivity index (χ3n) is 5.79. The Hall–Kier alpha value is -3.65. The summed E-state index contributed by atoms with van der Waals surface area (Å²) in [6.45, 7) is 5.44. The summed E-state index contributed by atoms with van der Waals surface area (Å²) in [4.78, 5) is 42.6. The molecule has 0 aliphatic carbocycles. The van der Waals surface area contributed by atoms with Crippen LogP contribution in [0.15, 0.2) is 54.2 Å². The maximum Gasteiger partial charge on any atom is 0.277 e. The van der Waals surface area contributed by atoms with Crippen molar-refractivity contribution in [1.82, 2.24) is 9.80 Å². The molecule has 2 aliphatic rings. The largest absolute Gasteiger partial charge is 0.369 e.